The van der Waals surface area contributed by atoms with Crippen molar-refractivity contribution in [1.29, 1.82) is 0 Å². The van der Waals surface area contributed by atoms with Gasteiger partial charge in [0.2, 0.25) is 5.91 Å². The number of pyridine rings is 1. The van der Waals surface area contributed by atoms with E-state index in [-0.39, 0.29) is 11.8 Å². The first-order valence-corrected chi connectivity index (χ1v) is 11.1. The van der Waals surface area contributed by atoms with Gasteiger partial charge in [0.15, 0.2) is 5.96 Å². The number of benzene rings is 1. The lowest BCUT2D eigenvalue weighted by atomic mass is 9.97. The fraction of sp³-hybridized carbons (Fsp3) is 0.458. The summed E-state index contributed by atoms with van der Waals surface area (Å²) in [5.74, 6) is 2.15. The number of amides is 1. The number of anilines is 1. The fourth-order valence-corrected chi connectivity index (χ4v) is 4.07. The molecule has 0 aliphatic carbocycles. The lowest BCUT2D eigenvalue weighted by Gasteiger charge is -2.33. The summed E-state index contributed by atoms with van der Waals surface area (Å²) in [6.07, 6.45) is 4.39. The summed E-state index contributed by atoms with van der Waals surface area (Å²) < 4.78 is 5.47. The van der Waals surface area contributed by atoms with E-state index in [0.29, 0.717) is 13.1 Å². The van der Waals surface area contributed by atoms with E-state index in [9.17, 15) is 4.79 Å². The molecule has 1 unspecified atom stereocenters. The Morgan fingerprint density at radius 2 is 2.16 bits per heavy atom. The first kappa shape index (κ1) is 23.4. The van der Waals surface area contributed by atoms with E-state index in [0.717, 1.165) is 55.4 Å². The van der Waals surface area contributed by atoms with Gasteiger partial charge in [0.05, 0.1) is 13.0 Å². The molecule has 4 N–H and O–H groups in total. The molecule has 1 amide bonds. The molecule has 1 atom stereocenters. The van der Waals surface area contributed by atoms with Gasteiger partial charge in [-0.05, 0) is 43.9 Å². The Bertz CT molecular complexity index is 946. The van der Waals surface area contributed by atoms with Crippen molar-refractivity contribution < 1.29 is 9.53 Å². The van der Waals surface area contributed by atoms with Crippen molar-refractivity contribution in [3.05, 3.63) is 53.2 Å². The van der Waals surface area contributed by atoms with E-state index in [4.69, 9.17) is 10.5 Å². The summed E-state index contributed by atoms with van der Waals surface area (Å²) in [7, 11) is 3.45. The molecule has 1 aliphatic heterocycles. The lowest BCUT2D eigenvalue weighted by Crippen LogP contribution is -2.42. The van der Waals surface area contributed by atoms with Crippen LogP contribution in [0, 0.1) is 12.8 Å². The van der Waals surface area contributed by atoms with Gasteiger partial charge in [-0.3, -0.25) is 9.79 Å². The molecule has 2 aromatic rings. The molecular weight excluding hydrogens is 404 g/mol. The summed E-state index contributed by atoms with van der Waals surface area (Å²) >= 11 is 0. The number of primary amides is 1. The second-order valence-electron chi connectivity index (χ2n) is 8.09. The third-order valence-electron chi connectivity index (χ3n) is 5.78. The van der Waals surface area contributed by atoms with Crippen LogP contribution in [0.15, 0.2) is 41.5 Å². The third-order valence-corrected chi connectivity index (χ3v) is 5.78. The molecule has 1 aliphatic rings. The molecule has 1 saturated heterocycles. The molecule has 1 aromatic carbocycles. The zero-order chi connectivity index (χ0) is 22.9. The number of nitrogens with two attached hydrogens (primary N) is 1. The van der Waals surface area contributed by atoms with Crippen LogP contribution in [0.2, 0.25) is 0 Å². The van der Waals surface area contributed by atoms with Gasteiger partial charge in [0.25, 0.3) is 0 Å². The average Bonchev–Trinajstić information content (AvgIpc) is 2.81. The number of aliphatic imine (C=N–C) groups is 1. The lowest BCUT2D eigenvalue weighted by molar-refractivity contribution is -0.122. The van der Waals surface area contributed by atoms with Gasteiger partial charge < -0.3 is 26.0 Å². The normalized spacial score (nSPS) is 16.5. The number of ether oxygens (including phenoxy) is 1. The van der Waals surface area contributed by atoms with Gasteiger partial charge in [-0.15, -0.1) is 0 Å². The van der Waals surface area contributed by atoms with Gasteiger partial charge in [-0.25, -0.2) is 4.98 Å². The maximum absolute atomic E-state index is 11.7. The second-order valence-corrected chi connectivity index (χ2v) is 8.09. The number of carbonyl (C=O) groups excluding carboxylic acids is 1. The molecule has 1 aromatic heterocycles. The highest BCUT2D eigenvalue weighted by Gasteiger charge is 2.25. The topological polar surface area (TPSA) is 105 Å². The number of piperidine rings is 1. The quantitative estimate of drug-likeness (QED) is 0.430. The number of aromatic nitrogens is 1. The predicted octanol–water partition coefficient (Wildman–Crippen LogP) is 2.01. The molecule has 0 saturated carbocycles. The number of hydrogen-bond donors (Lipinski definition) is 3. The molecule has 0 bridgehead atoms. The maximum atomic E-state index is 11.7. The number of rotatable bonds is 8. The molecule has 172 valence electrons. The number of guanidine groups is 1. The minimum atomic E-state index is -0.236. The van der Waals surface area contributed by atoms with Crippen molar-refractivity contribution in [3.8, 4) is 5.75 Å². The molecule has 0 spiro atoms. The average molecular weight is 439 g/mol. The van der Waals surface area contributed by atoms with Crippen LogP contribution >= 0.6 is 0 Å². The molecule has 2 heterocycles. The summed E-state index contributed by atoms with van der Waals surface area (Å²) in [5, 5.41) is 6.74. The number of methoxy groups -OCH3 is 1. The molecule has 1 fully saturated rings. The fourth-order valence-electron chi connectivity index (χ4n) is 4.07. The summed E-state index contributed by atoms with van der Waals surface area (Å²) in [4.78, 5) is 22.8. The van der Waals surface area contributed by atoms with E-state index < -0.39 is 0 Å². The smallest absolute Gasteiger partial charge is 0.222 e. The Hall–Kier alpha value is -3.29. The standard InChI is InChI=1S/C24H34N6O2/c1-17-8-9-21(32-3)18(14-17)10-12-28-24(26-2)29-15-19-6-4-11-27-23(19)30-13-5-7-20(16-30)22(25)31/h4,6,8-9,11,14,20H,5,7,10,12-13,15-16H2,1-3H3,(H2,25,31)(H2,26,28,29). The van der Waals surface area contributed by atoms with Gasteiger partial charge >= 0.3 is 0 Å². The zero-order valence-corrected chi connectivity index (χ0v) is 19.2. The predicted molar refractivity (Wildman–Crippen MR) is 128 cm³/mol. The highest BCUT2D eigenvalue weighted by molar-refractivity contribution is 5.80. The Balaban J connectivity index is 1.58. The van der Waals surface area contributed by atoms with Gasteiger partial charge in [0, 0.05) is 45.0 Å². The van der Waals surface area contributed by atoms with Crippen molar-refractivity contribution >= 4 is 17.7 Å². The summed E-state index contributed by atoms with van der Waals surface area (Å²) in [6, 6.07) is 10.2. The third kappa shape index (κ3) is 6.12. The minimum absolute atomic E-state index is 0.125. The molecule has 3 rings (SSSR count). The van der Waals surface area contributed by atoms with Crippen LogP contribution < -0.4 is 26.0 Å². The largest absolute Gasteiger partial charge is 0.496 e. The number of nitrogens with zero attached hydrogens (tertiary/aromatic N) is 3. The van der Waals surface area contributed by atoms with Crippen LogP contribution in [0.1, 0.15) is 29.5 Å². The number of carbonyl (C=O) groups is 1. The van der Waals surface area contributed by atoms with Gasteiger partial charge in [-0.2, -0.15) is 0 Å². The van der Waals surface area contributed by atoms with Crippen LogP contribution in [0.5, 0.6) is 5.75 Å². The molecule has 8 nitrogen and oxygen atoms in total. The summed E-state index contributed by atoms with van der Waals surface area (Å²) in [6.45, 7) is 4.88. The van der Waals surface area contributed by atoms with Crippen molar-refractivity contribution in [1.82, 2.24) is 15.6 Å². The van der Waals surface area contributed by atoms with E-state index >= 15 is 0 Å². The first-order valence-electron chi connectivity index (χ1n) is 11.1. The Labute approximate surface area is 190 Å². The Kier molecular flexibility index (Phi) is 8.30. The van der Waals surface area contributed by atoms with E-state index in [1.807, 2.05) is 18.2 Å². The van der Waals surface area contributed by atoms with Crippen molar-refractivity contribution in [2.75, 3.05) is 38.7 Å². The summed E-state index contributed by atoms with van der Waals surface area (Å²) in [5.41, 5.74) is 8.98. The molecule has 8 heteroatoms. The number of hydrogen-bond acceptors (Lipinski definition) is 5. The van der Waals surface area contributed by atoms with Crippen LogP contribution in [0.4, 0.5) is 5.82 Å². The van der Waals surface area contributed by atoms with Crippen LogP contribution in [-0.2, 0) is 17.8 Å². The van der Waals surface area contributed by atoms with Crippen molar-refractivity contribution in [2.45, 2.75) is 32.7 Å². The zero-order valence-electron chi connectivity index (χ0n) is 19.2. The van der Waals surface area contributed by atoms with E-state index in [1.54, 1.807) is 20.4 Å². The minimum Gasteiger partial charge on any atom is -0.496 e. The van der Waals surface area contributed by atoms with E-state index in [1.165, 1.54) is 11.1 Å². The maximum Gasteiger partial charge on any atom is 0.222 e. The van der Waals surface area contributed by atoms with Crippen LogP contribution in [-0.4, -0.2) is 50.6 Å². The molecule has 32 heavy (non-hydrogen) atoms. The van der Waals surface area contributed by atoms with Gasteiger partial charge in [-0.1, -0.05) is 23.8 Å². The Morgan fingerprint density at radius 3 is 2.91 bits per heavy atom. The van der Waals surface area contributed by atoms with Crippen LogP contribution in [0.25, 0.3) is 0 Å². The molecule has 0 radical (unpaired) electrons. The Morgan fingerprint density at radius 1 is 1.31 bits per heavy atom. The van der Waals surface area contributed by atoms with Gasteiger partial charge in [0.1, 0.15) is 11.6 Å². The van der Waals surface area contributed by atoms with Crippen molar-refractivity contribution in [3.63, 3.8) is 0 Å². The number of aryl methyl sites for hydroxylation is 1. The van der Waals surface area contributed by atoms with Crippen LogP contribution in [0.3, 0.4) is 0 Å². The van der Waals surface area contributed by atoms with E-state index in [2.05, 4.69) is 44.6 Å². The number of nitrogens with one attached hydrogen (secondary N) is 2. The first-order chi connectivity index (χ1) is 15.5. The second kappa shape index (κ2) is 11.4. The van der Waals surface area contributed by atoms with Crippen molar-refractivity contribution in [2.24, 2.45) is 16.6 Å². The highest BCUT2D eigenvalue weighted by Crippen LogP contribution is 2.24. The highest BCUT2D eigenvalue weighted by atomic mass is 16.5. The monoisotopic (exact) mass is 438 g/mol. The SMILES string of the molecule is CN=C(NCCc1cc(C)ccc1OC)NCc1cccnc1N1CCCC(C(N)=O)C1. The molecular formula is C24H34N6O2.